The van der Waals surface area contributed by atoms with E-state index in [1.807, 2.05) is 7.05 Å². The van der Waals surface area contributed by atoms with Crippen molar-refractivity contribution in [2.75, 3.05) is 33.2 Å². The lowest BCUT2D eigenvalue weighted by atomic mass is 10.1. The summed E-state index contributed by atoms with van der Waals surface area (Å²) in [6.45, 7) is 8.28. The number of thiazole rings is 1. The standard InChI is InChI=1S/C21H33N5O4S/c1-21(2,3)30-20(29)22-12-15(19(28)26-9-6-5-7-10-26)23-17(27)18-24-14-8-11-25(4)13-16(14)31-18/h15H,5-13H2,1-4H3,(H,22,29)(H,23,27). The zero-order valence-corrected chi connectivity index (χ0v) is 19.6. The highest BCUT2D eigenvalue weighted by molar-refractivity contribution is 7.13. The number of likely N-dealkylation sites (tertiary alicyclic amines) is 1. The first-order valence-electron chi connectivity index (χ1n) is 10.9. The number of nitrogens with zero attached hydrogens (tertiary/aromatic N) is 3. The molecule has 2 N–H and O–H groups in total. The molecular formula is C21H33N5O4S. The summed E-state index contributed by atoms with van der Waals surface area (Å²) in [5.41, 5.74) is 0.311. The first-order valence-corrected chi connectivity index (χ1v) is 11.7. The third-order valence-electron chi connectivity index (χ3n) is 5.24. The van der Waals surface area contributed by atoms with Crippen molar-refractivity contribution in [3.63, 3.8) is 0 Å². The first kappa shape index (κ1) is 23.5. The zero-order chi connectivity index (χ0) is 22.6. The van der Waals surface area contributed by atoms with Gasteiger partial charge < -0.3 is 25.2 Å². The average molecular weight is 452 g/mol. The summed E-state index contributed by atoms with van der Waals surface area (Å²) >= 11 is 1.37. The molecule has 0 bridgehead atoms. The summed E-state index contributed by atoms with van der Waals surface area (Å²) in [4.78, 5) is 47.6. The Bertz CT molecular complexity index is 813. The SMILES string of the molecule is CN1CCc2nc(C(=O)NC(CNC(=O)OC(C)(C)C)C(=O)N3CCCCC3)sc2C1. The molecule has 1 unspecified atom stereocenters. The molecule has 2 aliphatic heterocycles. The first-order chi connectivity index (χ1) is 14.6. The van der Waals surface area contributed by atoms with Gasteiger partial charge in [0.05, 0.1) is 12.2 Å². The van der Waals surface area contributed by atoms with Crippen molar-refractivity contribution in [2.24, 2.45) is 0 Å². The maximum Gasteiger partial charge on any atom is 0.407 e. The fraction of sp³-hybridized carbons (Fsp3) is 0.714. The number of ether oxygens (including phenoxy) is 1. The number of nitrogens with one attached hydrogen (secondary N) is 2. The lowest BCUT2D eigenvalue weighted by Gasteiger charge is -2.31. The van der Waals surface area contributed by atoms with E-state index in [0.29, 0.717) is 18.1 Å². The number of carbonyl (C=O) groups is 3. The summed E-state index contributed by atoms with van der Waals surface area (Å²) < 4.78 is 5.27. The highest BCUT2D eigenvalue weighted by Crippen LogP contribution is 2.24. The number of fused-ring (bicyclic) bond motifs is 1. The molecule has 3 amide bonds. The Morgan fingerprint density at radius 2 is 1.87 bits per heavy atom. The van der Waals surface area contributed by atoms with Crippen LogP contribution in [0, 0.1) is 0 Å². The topological polar surface area (TPSA) is 104 Å². The van der Waals surface area contributed by atoms with Crippen LogP contribution in [-0.2, 0) is 22.5 Å². The van der Waals surface area contributed by atoms with Gasteiger partial charge in [-0.2, -0.15) is 0 Å². The van der Waals surface area contributed by atoms with Gasteiger partial charge in [-0.3, -0.25) is 9.59 Å². The zero-order valence-electron chi connectivity index (χ0n) is 18.8. The number of carbonyl (C=O) groups excluding carboxylic acids is 3. The van der Waals surface area contributed by atoms with Crippen LogP contribution in [0.1, 0.15) is 60.4 Å². The molecule has 1 aromatic rings. The molecule has 0 aromatic carbocycles. The van der Waals surface area contributed by atoms with Crippen molar-refractivity contribution in [2.45, 2.75) is 64.6 Å². The number of alkyl carbamates (subject to hydrolysis) is 1. The largest absolute Gasteiger partial charge is 0.444 e. The van der Waals surface area contributed by atoms with Crippen LogP contribution in [0.5, 0.6) is 0 Å². The third-order valence-corrected chi connectivity index (χ3v) is 6.32. The molecule has 31 heavy (non-hydrogen) atoms. The smallest absolute Gasteiger partial charge is 0.407 e. The lowest BCUT2D eigenvalue weighted by molar-refractivity contribution is -0.134. The Labute approximate surface area is 187 Å². The van der Waals surface area contributed by atoms with E-state index in [0.717, 1.165) is 49.3 Å². The van der Waals surface area contributed by atoms with Crippen LogP contribution in [0.25, 0.3) is 0 Å². The minimum Gasteiger partial charge on any atom is -0.444 e. The molecule has 0 radical (unpaired) electrons. The summed E-state index contributed by atoms with van der Waals surface area (Å²) in [6.07, 6.45) is 3.17. The van der Waals surface area contributed by atoms with Gasteiger partial charge in [0, 0.05) is 37.5 Å². The second-order valence-corrected chi connectivity index (χ2v) is 10.3. The lowest BCUT2D eigenvalue weighted by Crippen LogP contribution is -2.55. The Hall–Kier alpha value is -2.20. The Kier molecular flexibility index (Phi) is 7.53. The second kappa shape index (κ2) is 9.95. The van der Waals surface area contributed by atoms with Gasteiger partial charge in [-0.15, -0.1) is 11.3 Å². The van der Waals surface area contributed by atoms with Crippen LogP contribution in [0.3, 0.4) is 0 Å². The van der Waals surface area contributed by atoms with E-state index in [9.17, 15) is 14.4 Å². The van der Waals surface area contributed by atoms with Crippen molar-refractivity contribution in [3.8, 4) is 0 Å². The highest BCUT2D eigenvalue weighted by Gasteiger charge is 2.30. The normalized spacial score (nSPS) is 18.1. The van der Waals surface area contributed by atoms with Gasteiger partial charge in [-0.25, -0.2) is 9.78 Å². The number of hydrogen-bond acceptors (Lipinski definition) is 7. The summed E-state index contributed by atoms with van der Waals surface area (Å²) in [7, 11) is 2.04. The molecule has 1 fully saturated rings. The fourth-order valence-electron chi connectivity index (χ4n) is 3.67. The Balaban J connectivity index is 1.68. The van der Waals surface area contributed by atoms with E-state index in [1.54, 1.807) is 25.7 Å². The summed E-state index contributed by atoms with van der Waals surface area (Å²) in [5, 5.41) is 5.78. The van der Waals surface area contributed by atoms with Crippen LogP contribution < -0.4 is 10.6 Å². The molecule has 172 valence electrons. The van der Waals surface area contributed by atoms with Gasteiger partial charge in [-0.1, -0.05) is 0 Å². The molecule has 0 spiro atoms. The van der Waals surface area contributed by atoms with Gasteiger partial charge in [0.15, 0.2) is 5.01 Å². The van der Waals surface area contributed by atoms with Crippen LogP contribution in [0.2, 0.25) is 0 Å². The molecule has 1 saturated heterocycles. The molecule has 0 aliphatic carbocycles. The van der Waals surface area contributed by atoms with E-state index < -0.39 is 17.7 Å². The van der Waals surface area contributed by atoms with Gasteiger partial charge in [0.25, 0.3) is 5.91 Å². The van der Waals surface area contributed by atoms with Crippen LogP contribution in [0.15, 0.2) is 0 Å². The van der Waals surface area contributed by atoms with E-state index in [2.05, 4.69) is 20.5 Å². The van der Waals surface area contributed by atoms with Gasteiger partial charge in [0.2, 0.25) is 5.91 Å². The monoisotopic (exact) mass is 451 g/mol. The maximum atomic E-state index is 13.1. The van der Waals surface area contributed by atoms with Gasteiger partial charge in [-0.05, 0) is 47.1 Å². The molecular weight excluding hydrogens is 418 g/mol. The summed E-state index contributed by atoms with van der Waals surface area (Å²) in [5.74, 6) is -0.575. The van der Waals surface area contributed by atoms with Gasteiger partial charge in [0.1, 0.15) is 11.6 Å². The molecule has 3 rings (SSSR count). The van der Waals surface area contributed by atoms with Gasteiger partial charge >= 0.3 is 6.09 Å². The number of piperidine rings is 1. The minimum absolute atomic E-state index is 0.0379. The van der Waals surface area contributed by atoms with Crippen LogP contribution in [-0.4, -0.2) is 77.6 Å². The Morgan fingerprint density at radius 1 is 1.16 bits per heavy atom. The maximum absolute atomic E-state index is 13.1. The predicted octanol–water partition coefficient (Wildman–Crippen LogP) is 1.77. The van der Waals surface area contributed by atoms with E-state index >= 15 is 0 Å². The van der Waals surface area contributed by atoms with Crippen molar-refractivity contribution >= 4 is 29.2 Å². The average Bonchev–Trinajstić information content (AvgIpc) is 3.13. The van der Waals surface area contributed by atoms with Crippen LogP contribution >= 0.6 is 11.3 Å². The second-order valence-electron chi connectivity index (χ2n) is 9.17. The fourth-order valence-corrected chi connectivity index (χ4v) is 4.77. The molecule has 3 heterocycles. The number of rotatable bonds is 5. The third kappa shape index (κ3) is 6.64. The van der Waals surface area contributed by atoms with Crippen molar-refractivity contribution < 1.29 is 19.1 Å². The molecule has 1 atom stereocenters. The summed E-state index contributed by atoms with van der Waals surface area (Å²) in [6, 6.07) is -0.873. The predicted molar refractivity (Wildman–Crippen MR) is 118 cm³/mol. The quantitative estimate of drug-likeness (QED) is 0.707. The minimum atomic E-state index is -0.873. The molecule has 10 heteroatoms. The highest BCUT2D eigenvalue weighted by atomic mass is 32.1. The van der Waals surface area contributed by atoms with E-state index in [-0.39, 0.29) is 18.4 Å². The number of likely N-dealkylation sites (N-methyl/N-ethyl adjacent to an activating group) is 1. The van der Waals surface area contributed by atoms with Crippen molar-refractivity contribution in [1.82, 2.24) is 25.4 Å². The van der Waals surface area contributed by atoms with Crippen LogP contribution in [0.4, 0.5) is 4.79 Å². The number of hydrogen-bond donors (Lipinski definition) is 2. The molecule has 2 aliphatic rings. The van der Waals surface area contributed by atoms with Crippen molar-refractivity contribution in [1.29, 1.82) is 0 Å². The number of aromatic nitrogens is 1. The molecule has 9 nitrogen and oxygen atoms in total. The Morgan fingerprint density at radius 3 is 2.55 bits per heavy atom. The molecule has 1 aromatic heterocycles. The van der Waals surface area contributed by atoms with E-state index in [4.69, 9.17) is 4.74 Å². The number of amides is 3. The van der Waals surface area contributed by atoms with E-state index in [1.165, 1.54) is 11.3 Å². The molecule has 0 saturated carbocycles. The van der Waals surface area contributed by atoms with Crippen molar-refractivity contribution in [3.05, 3.63) is 15.6 Å².